The Morgan fingerprint density at radius 1 is 1.10 bits per heavy atom. The van der Waals surface area contributed by atoms with Crippen molar-refractivity contribution >= 4 is 28.3 Å². The van der Waals surface area contributed by atoms with Crippen LogP contribution >= 0.6 is 11.6 Å². The topological polar surface area (TPSA) is 56.2 Å². The summed E-state index contributed by atoms with van der Waals surface area (Å²) in [7, 11) is 0. The zero-order valence-corrected chi connectivity index (χ0v) is 10.9. The number of halogens is 2. The molecule has 3 rings (SSSR count). The minimum absolute atomic E-state index is 0.00125. The lowest BCUT2D eigenvalue weighted by Crippen LogP contribution is -2.00. The maximum atomic E-state index is 13.2. The van der Waals surface area contributed by atoms with Crippen LogP contribution in [0.5, 0.6) is 0 Å². The molecular weight excluding hydrogens is 281 g/mol. The van der Waals surface area contributed by atoms with Crippen molar-refractivity contribution in [3.05, 3.63) is 63.5 Å². The van der Waals surface area contributed by atoms with E-state index >= 15 is 0 Å². The molecule has 2 aromatic carbocycles. The molecule has 1 heterocycles. The highest BCUT2D eigenvalue weighted by Gasteiger charge is 2.09. The predicted molar refractivity (Wildman–Crippen MR) is 77.3 cm³/mol. The molecule has 0 saturated heterocycles. The third-order valence-electron chi connectivity index (χ3n) is 2.97. The van der Waals surface area contributed by atoms with Gasteiger partial charge >= 0.3 is 0 Å². The van der Waals surface area contributed by atoms with E-state index in [1.54, 1.807) is 18.2 Å². The third-order valence-corrected chi connectivity index (χ3v) is 3.20. The number of nitrogen functional groups attached to an aromatic ring is 1. The van der Waals surface area contributed by atoms with Crippen molar-refractivity contribution in [2.75, 3.05) is 5.73 Å². The molecule has 100 valence electrons. The van der Waals surface area contributed by atoms with Crippen LogP contribution in [0.15, 0.2) is 51.7 Å². The van der Waals surface area contributed by atoms with Crippen LogP contribution in [0, 0.1) is 5.82 Å². The average Bonchev–Trinajstić information content (AvgIpc) is 2.42. The van der Waals surface area contributed by atoms with E-state index in [4.69, 9.17) is 21.8 Å². The van der Waals surface area contributed by atoms with Gasteiger partial charge in [0.25, 0.3) is 0 Å². The summed E-state index contributed by atoms with van der Waals surface area (Å²) in [5, 5.41) is 0.861. The first-order chi connectivity index (χ1) is 9.54. The normalized spacial score (nSPS) is 10.9. The third kappa shape index (κ3) is 2.14. The van der Waals surface area contributed by atoms with Crippen LogP contribution in [0.2, 0.25) is 5.02 Å². The monoisotopic (exact) mass is 289 g/mol. The van der Waals surface area contributed by atoms with Gasteiger partial charge in [-0.15, -0.1) is 0 Å². The Morgan fingerprint density at radius 2 is 1.90 bits per heavy atom. The number of hydrogen-bond acceptors (Lipinski definition) is 3. The second-order valence-corrected chi connectivity index (χ2v) is 4.79. The molecule has 5 heteroatoms. The van der Waals surface area contributed by atoms with Crippen molar-refractivity contribution < 1.29 is 8.81 Å². The lowest BCUT2D eigenvalue weighted by molar-refractivity contribution is 0.616. The summed E-state index contributed by atoms with van der Waals surface area (Å²) in [6.45, 7) is 0. The van der Waals surface area contributed by atoms with Crippen LogP contribution in [0.1, 0.15) is 0 Å². The van der Waals surface area contributed by atoms with Crippen molar-refractivity contribution in [1.82, 2.24) is 0 Å². The van der Waals surface area contributed by atoms with E-state index in [-0.39, 0.29) is 11.1 Å². The van der Waals surface area contributed by atoms with Crippen LogP contribution in [0.4, 0.5) is 10.1 Å². The molecule has 3 aromatic rings. The molecule has 0 fully saturated rings. The molecule has 0 bridgehead atoms. The molecule has 0 aliphatic heterocycles. The van der Waals surface area contributed by atoms with E-state index < -0.39 is 5.82 Å². The molecule has 0 amide bonds. The Bertz CT molecular complexity index is 873. The SMILES string of the molecule is Nc1cc(-c2cc(=O)c3cc(Cl)ccc3o2)ccc1F. The molecule has 20 heavy (non-hydrogen) atoms. The second kappa shape index (κ2) is 4.65. The number of benzene rings is 2. The number of hydrogen-bond donors (Lipinski definition) is 1. The summed E-state index contributed by atoms with van der Waals surface area (Å²) in [5.41, 5.74) is 6.26. The lowest BCUT2D eigenvalue weighted by atomic mass is 10.1. The predicted octanol–water partition coefficient (Wildman–Crippen LogP) is 3.83. The fourth-order valence-corrected chi connectivity index (χ4v) is 2.14. The van der Waals surface area contributed by atoms with Gasteiger partial charge in [-0.05, 0) is 36.4 Å². The number of fused-ring (bicyclic) bond motifs is 1. The van der Waals surface area contributed by atoms with Gasteiger partial charge in [-0.3, -0.25) is 4.79 Å². The largest absolute Gasteiger partial charge is 0.456 e. The van der Waals surface area contributed by atoms with E-state index in [9.17, 15) is 9.18 Å². The highest BCUT2D eigenvalue weighted by molar-refractivity contribution is 6.31. The van der Waals surface area contributed by atoms with Gasteiger partial charge in [0, 0.05) is 16.7 Å². The van der Waals surface area contributed by atoms with E-state index in [0.29, 0.717) is 27.3 Å². The molecule has 3 nitrogen and oxygen atoms in total. The molecule has 0 radical (unpaired) electrons. The second-order valence-electron chi connectivity index (χ2n) is 4.35. The minimum Gasteiger partial charge on any atom is -0.456 e. The molecule has 0 atom stereocenters. The quantitative estimate of drug-likeness (QED) is 0.693. The summed E-state index contributed by atoms with van der Waals surface area (Å²) < 4.78 is 18.8. The Morgan fingerprint density at radius 3 is 2.65 bits per heavy atom. The summed E-state index contributed by atoms with van der Waals surface area (Å²) >= 11 is 5.85. The Balaban J connectivity index is 2.24. The van der Waals surface area contributed by atoms with Crippen LogP contribution < -0.4 is 11.2 Å². The van der Waals surface area contributed by atoms with E-state index in [0.717, 1.165) is 0 Å². The van der Waals surface area contributed by atoms with Gasteiger partial charge in [0.05, 0.1) is 11.1 Å². The average molecular weight is 290 g/mol. The van der Waals surface area contributed by atoms with Gasteiger partial charge < -0.3 is 10.2 Å². The summed E-state index contributed by atoms with van der Waals surface area (Å²) in [4.78, 5) is 12.1. The van der Waals surface area contributed by atoms with Crippen molar-refractivity contribution in [3.63, 3.8) is 0 Å². The Kier molecular flexibility index (Phi) is 2.95. The maximum Gasteiger partial charge on any atom is 0.193 e. The number of rotatable bonds is 1. The molecule has 0 aliphatic carbocycles. The first-order valence-corrected chi connectivity index (χ1v) is 6.21. The smallest absolute Gasteiger partial charge is 0.193 e. The van der Waals surface area contributed by atoms with Crippen LogP contribution in [0.25, 0.3) is 22.3 Å². The van der Waals surface area contributed by atoms with Gasteiger partial charge in [-0.1, -0.05) is 11.6 Å². The lowest BCUT2D eigenvalue weighted by Gasteiger charge is -2.05. The standard InChI is InChI=1S/C15H9ClFNO2/c16-9-2-4-14-10(6-9)13(19)7-15(20-14)8-1-3-11(17)12(18)5-8/h1-7H,18H2. The molecule has 0 spiro atoms. The highest BCUT2D eigenvalue weighted by atomic mass is 35.5. The van der Waals surface area contributed by atoms with Crippen LogP contribution in [0.3, 0.4) is 0 Å². The molecule has 1 aromatic heterocycles. The zero-order valence-electron chi connectivity index (χ0n) is 10.2. The molecule has 0 saturated carbocycles. The van der Waals surface area contributed by atoms with Crippen molar-refractivity contribution in [3.8, 4) is 11.3 Å². The van der Waals surface area contributed by atoms with Crippen LogP contribution in [-0.2, 0) is 0 Å². The number of nitrogens with two attached hydrogens (primary N) is 1. The van der Waals surface area contributed by atoms with E-state index in [2.05, 4.69) is 0 Å². The molecule has 2 N–H and O–H groups in total. The maximum absolute atomic E-state index is 13.2. The van der Waals surface area contributed by atoms with Crippen molar-refractivity contribution in [2.45, 2.75) is 0 Å². The van der Waals surface area contributed by atoms with E-state index in [1.807, 2.05) is 0 Å². The van der Waals surface area contributed by atoms with Crippen molar-refractivity contribution in [2.24, 2.45) is 0 Å². The number of anilines is 1. The molecular formula is C15H9ClFNO2. The molecule has 0 unspecified atom stereocenters. The Labute approximate surface area is 118 Å². The minimum atomic E-state index is -0.510. The van der Waals surface area contributed by atoms with Gasteiger partial charge in [-0.2, -0.15) is 0 Å². The fourth-order valence-electron chi connectivity index (χ4n) is 1.97. The van der Waals surface area contributed by atoms with Gasteiger partial charge in [0.1, 0.15) is 17.2 Å². The van der Waals surface area contributed by atoms with Gasteiger partial charge in [0.2, 0.25) is 0 Å². The summed E-state index contributed by atoms with van der Waals surface area (Å²) in [5.74, 6) is -0.180. The summed E-state index contributed by atoms with van der Waals surface area (Å²) in [6, 6.07) is 10.3. The highest BCUT2D eigenvalue weighted by Crippen LogP contribution is 2.26. The first kappa shape index (κ1) is 12.7. The van der Waals surface area contributed by atoms with Crippen LogP contribution in [-0.4, -0.2) is 0 Å². The van der Waals surface area contributed by atoms with Gasteiger partial charge in [-0.25, -0.2) is 4.39 Å². The zero-order chi connectivity index (χ0) is 14.3. The van der Waals surface area contributed by atoms with Crippen molar-refractivity contribution in [1.29, 1.82) is 0 Å². The first-order valence-electron chi connectivity index (χ1n) is 5.83. The molecule has 0 aliphatic rings. The van der Waals surface area contributed by atoms with E-state index in [1.165, 1.54) is 24.3 Å². The Hall–Kier alpha value is -2.33. The van der Waals surface area contributed by atoms with Gasteiger partial charge in [0.15, 0.2) is 5.43 Å². The fraction of sp³-hybridized carbons (Fsp3) is 0. The summed E-state index contributed by atoms with van der Waals surface area (Å²) in [6.07, 6.45) is 0.